The number of rotatable bonds is 4. The van der Waals surface area contributed by atoms with Crippen molar-refractivity contribution in [2.24, 2.45) is 0 Å². The van der Waals surface area contributed by atoms with Gasteiger partial charge in [0.1, 0.15) is 4.90 Å². The van der Waals surface area contributed by atoms with Gasteiger partial charge in [0.05, 0.1) is 12.1 Å². The van der Waals surface area contributed by atoms with Crippen molar-refractivity contribution in [1.82, 2.24) is 5.32 Å². The number of nitrogens with one attached hydrogen (secondary N) is 1. The third-order valence-corrected chi connectivity index (χ3v) is 4.95. The fraction of sp³-hybridized carbons (Fsp3) is 0.571. The monoisotopic (exact) mass is 317 g/mol. The second kappa shape index (κ2) is 6.33. The Morgan fingerprint density at radius 1 is 1.40 bits per heavy atom. The fourth-order valence-corrected chi connectivity index (χ4v) is 3.87. The Morgan fingerprint density at radius 2 is 2.15 bits per heavy atom. The Labute approximate surface area is 125 Å². The molecule has 0 spiro atoms. The summed E-state index contributed by atoms with van der Waals surface area (Å²) in [6, 6.07) is 3.86. The Bertz CT molecular complexity index is 580. The summed E-state index contributed by atoms with van der Waals surface area (Å²) in [5, 5.41) is 3.80. The number of benzene rings is 1. The molecule has 1 N–H and O–H groups in total. The van der Waals surface area contributed by atoms with Crippen LogP contribution in [0.25, 0.3) is 0 Å². The second-order valence-corrected chi connectivity index (χ2v) is 7.62. The van der Waals surface area contributed by atoms with E-state index in [0.717, 1.165) is 24.9 Å². The molecule has 0 saturated carbocycles. The van der Waals surface area contributed by atoms with E-state index in [-0.39, 0.29) is 10.6 Å². The molecule has 2 rings (SSSR count). The van der Waals surface area contributed by atoms with Gasteiger partial charge in [-0.2, -0.15) is 0 Å². The molecule has 1 saturated heterocycles. The van der Waals surface area contributed by atoms with Crippen molar-refractivity contribution in [1.29, 1.82) is 0 Å². The van der Waals surface area contributed by atoms with Gasteiger partial charge in [0, 0.05) is 12.3 Å². The topological polar surface area (TPSA) is 55.4 Å². The summed E-state index contributed by atoms with van der Waals surface area (Å²) in [5.41, 5.74) is 0.927. The maximum atomic E-state index is 11.9. The van der Waals surface area contributed by atoms with E-state index in [0.29, 0.717) is 11.1 Å². The minimum Gasteiger partial charge on any atom is -0.494 e. The van der Waals surface area contributed by atoms with E-state index in [1.807, 2.05) is 0 Å². The smallest absolute Gasteiger partial charge is 0.179 e. The highest BCUT2D eigenvalue weighted by molar-refractivity contribution is 7.90. The molecular formula is C14H20ClNO3S. The molecule has 0 amide bonds. The van der Waals surface area contributed by atoms with Crippen molar-refractivity contribution in [3.05, 3.63) is 22.7 Å². The van der Waals surface area contributed by atoms with E-state index in [1.165, 1.54) is 26.2 Å². The zero-order valence-corrected chi connectivity index (χ0v) is 13.4. The van der Waals surface area contributed by atoms with Crippen molar-refractivity contribution in [3.8, 4) is 5.75 Å². The summed E-state index contributed by atoms with van der Waals surface area (Å²) >= 11 is 6.15. The molecule has 0 radical (unpaired) electrons. The SMILES string of the molecule is COc1c(Cl)cc(CC2CCCCN2)cc1S(C)(=O)=O. The van der Waals surface area contributed by atoms with Crippen LogP contribution in [0, 0.1) is 0 Å². The average Bonchev–Trinajstić information content (AvgIpc) is 2.38. The maximum absolute atomic E-state index is 11.9. The highest BCUT2D eigenvalue weighted by atomic mass is 35.5. The number of halogens is 1. The van der Waals surface area contributed by atoms with E-state index in [2.05, 4.69) is 5.32 Å². The molecule has 1 aromatic carbocycles. The van der Waals surface area contributed by atoms with E-state index >= 15 is 0 Å². The molecule has 0 bridgehead atoms. The summed E-state index contributed by atoms with van der Waals surface area (Å²) in [5.74, 6) is 0.231. The summed E-state index contributed by atoms with van der Waals surface area (Å²) in [4.78, 5) is 0.165. The van der Waals surface area contributed by atoms with E-state index in [1.54, 1.807) is 12.1 Å². The molecule has 1 aliphatic heterocycles. The minimum absolute atomic E-state index is 0.165. The van der Waals surface area contributed by atoms with Gasteiger partial charge in [-0.05, 0) is 43.5 Å². The first kappa shape index (κ1) is 15.6. The lowest BCUT2D eigenvalue weighted by Crippen LogP contribution is -2.35. The molecule has 1 heterocycles. The highest BCUT2D eigenvalue weighted by Gasteiger charge is 2.20. The first-order valence-electron chi connectivity index (χ1n) is 6.71. The van der Waals surface area contributed by atoms with E-state index < -0.39 is 9.84 Å². The lowest BCUT2D eigenvalue weighted by molar-refractivity contribution is 0.395. The fourth-order valence-electron chi connectivity index (χ4n) is 2.60. The van der Waals surface area contributed by atoms with Crippen LogP contribution >= 0.6 is 11.6 Å². The van der Waals surface area contributed by atoms with Gasteiger partial charge in [-0.15, -0.1) is 0 Å². The molecule has 6 heteroatoms. The summed E-state index contributed by atoms with van der Waals surface area (Å²) in [7, 11) is -1.93. The Kier molecular flexibility index (Phi) is 4.94. The van der Waals surface area contributed by atoms with Crippen molar-refractivity contribution in [3.63, 3.8) is 0 Å². The number of ether oxygens (including phenoxy) is 1. The predicted molar refractivity (Wildman–Crippen MR) is 80.5 cm³/mol. The lowest BCUT2D eigenvalue weighted by Gasteiger charge is -2.24. The van der Waals surface area contributed by atoms with Crippen molar-refractivity contribution >= 4 is 21.4 Å². The molecule has 20 heavy (non-hydrogen) atoms. The standard InChI is InChI=1S/C14H20ClNO3S/c1-19-14-12(15)8-10(9-13(14)20(2,17)18)7-11-5-3-4-6-16-11/h8-9,11,16H,3-7H2,1-2H3. The van der Waals surface area contributed by atoms with Gasteiger partial charge in [0.25, 0.3) is 0 Å². The predicted octanol–water partition coefficient (Wildman–Crippen LogP) is 2.44. The summed E-state index contributed by atoms with van der Waals surface area (Å²) < 4.78 is 28.8. The zero-order chi connectivity index (χ0) is 14.8. The van der Waals surface area contributed by atoms with E-state index in [9.17, 15) is 8.42 Å². The molecule has 1 fully saturated rings. The van der Waals surface area contributed by atoms with Crippen molar-refractivity contribution in [2.45, 2.75) is 36.6 Å². The number of piperidine rings is 1. The summed E-state index contributed by atoms with van der Waals surface area (Å²) in [6.07, 6.45) is 5.48. The third-order valence-electron chi connectivity index (χ3n) is 3.57. The first-order chi connectivity index (χ1) is 9.41. The van der Waals surface area contributed by atoms with Crippen molar-refractivity contribution < 1.29 is 13.2 Å². The van der Waals surface area contributed by atoms with Crippen LogP contribution in [-0.2, 0) is 16.3 Å². The quantitative estimate of drug-likeness (QED) is 0.926. The molecular weight excluding hydrogens is 298 g/mol. The van der Waals surface area contributed by atoms with Crippen molar-refractivity contribution in [2.75, 3.05) is 19.9 Å². The largest absolute Gasteiger partial charge is 0.494 e. The number of methoxy groups -OCH3 is 1. The first-order valence-corrected chi connectivity index (χ1v) is 8.98. The maximum Gasteiger partial charge on any atom is 0.179 e. The van der Waals surface area contributed by atoms with Gasteiger partial charge >= 0.3 is 0 Å². The average molecular weight is 318 g/mol. The molecule has 0 aromatic heterocycles. The van der Waals surface area contributed by atoms with E-state index in [4.69, 9.17) is 16.3 Å². The van der Waals surface area contributed by atoms with Crippen LogP contribution in [-0.4, -0.2) is 34.4 Å². The van der Waals surface area contributed by atoms with Gasteiger partial charge < -0.3 is 10.1 Å². The highest BCUT2D eigenvalue weighted by Crippen LogP contribution is 2.34. The van der Waals surface area contributed by atoms with Gasteiger partial charge in [-0.1, -0.05) is 18.0 Å². The zero-order valence-electron chi connectivity index (χ0n) is 11.8. The van der Waals surface area contributed by atoms with Crippen LogP contribution in [0.5, 0.6) is 5.75 Å². The summed E-state index contributed by atoms with van der Waals surface area (Å²) in [6.45, 7) is 1.02. The lowest BCUT2D eigenvalue weighted by atomic mass is 9.98. The van der Waals surface area contributed by atoms with Crippen LogP contribution < -0.4 is 10.1 Å². The van der Waals surface area contributed by atoms with Crippen LogP contribution in [0.4, 0.5) is 0 Å². The number of hydrogen-bond acceptors (Lipinski definition) is 4. The Balaban J connectivity index is 2.33. The molecule has 0 aliphatic carbocycles. The molecule has 1 unspecified atom stereocenters. The second-order valence-electron chi connectivity index (χ2n) is 5.23. The molecule has 1 aliphatic rings. The van der Waals surface area contributed by atoms with Crippen LogP contribution in [0.15, 0.2) is 17.0 Å². The molecule has 1 aromatic rings. The molecule has 4 nitrogen and oxygen atoms in total. The number of sulfone groups is 1. The van der Waals surface area contributed by atoms with Crippen LogP contribution in [0.3, 0.4) is 0 Å². The van der Waals surface area contributed by atoms with Gasteiger partial charge in [0.2, 0.25) is 0 Å². The molecule has 1 atom stereocenters. The van der Waals surface area contributed by atoms with Gasteiger partial charge in [-0.25, -0.2) is 8.42 Å². The van der Waals surface area contributed by atoms with Crippen LogP contribution in [0.1, 0.15) is 24.8 Å². The number of hydrogen-bond donors (Lipinski definition) is 1. The Hall–Kier alpha value is -0.780. The normalized spacial score (nSPS) is 19.9. The van der Waals surface area contributed by atoms with Gasteiger partial charge in [-0.3, -0.25) is 0 Å². The van der Waals surface area contributed by atoms with Gasteiger partial charge in [0.15, 0.2) is 15.6 Å². The van der Waals surface area contributed by atoms with Crippen LogP contribution in [0.2, 0.25) is 5.02 Å². The Morgan fingerprint density at radius 3 is 2.70 bits per heavy atom. The minimum atomic E-state index is -3.36. The third kappa shape index (κ3) is 3.65. The molecule has 112 valence electrons.